The first-order chi connectivity index (χ1) is 7.45. The van der Waals surface area contributed by atoms with Gasteiger partial charge in [-0.1, -0.05) is 5.16 Å². The maximum absolute atomic E-state index is 4.62. The molecule has 2 aromatic heterocycles. The van der Waals surface area contributed by atoms with Crippen LogP contribution in [0.5, 0.6) is 0 Å². The molecule has 6 heteroatoms. The van der Waals surface area contributed by atoms with E-state index in [1.807, 2.05) is 0 Å². The topological polar surface area (TPSA) is 76.7 Å². The Morgan fingerprint density at radius 2 is 2.00 bits per heavy atom. The molecule has 0 saturated carbocycles. The maximum Gasteiger partial charge on any atom is 0.213 e. The molecule has 78 valence electrons. The minimum Gasteiger partial charge on any atom is -0.343 e. The summed E-state index contributed by atoms with van der Waals surface area (Å²) in [5, 5.41) is 6.90. The van der Waals surface area contributed by atoms with Crippen LogP contribution in [0.15, 0.2) is 29.4 Å². The van der Waals surface area contributed by atoms with Gasteiger partial charge in [0, 0.05) is 25.4 Å². The molecule has 1 N–H and O–H groups in total. The normalized spacial score (nSPS) is 10.4. The number of aromatic nitrogens is 4. The van der Waals surface area contributed by atoms with Crippen LogP contribution in [-0.2, 0) is 13.0 Å². The third-order valence-electron chi connectivity index (χ3n) is 1.83. The van der Waals surface area contributed by atoms with E-state index in [2.05, 4.69) is 29.9 Å². The summed E-state index contributed by atoms with van der Waals surface area (Å²) in [7, 11) is 0. The SMILES string of the molecule is c1cnc(CNCCc2ncon2)nc1. The lowest BCUT2D eigenvalue weighted by molar-refractivity contribution is 0.409. The second-order valence-corrected chi connectivity index (χ2v) is 2.94. The fourth-order valence-electron chi connectivity index (χ4n) is 1.12. The first-order valence-corrected chi connectivity index (χ1v) is 4.67. The molecule has 0 saturated heterocycles. The average Bonchev–Trinajstić information content (AvgIpc) is 2.79. The van der Waals surface area contributed by atoms with Crippen molar-refractivity contribution in [1.29, 1.82) is 0 Å². The van der Waals surface area contributed by atoms with Crippen LogP contribution in [0.2, 0.25) is 0 Å². The molecule has 0 atom stereocenters. The number of nitrogens with zero attached hydrogens (tertiary/aromatic N) is 4. The molecule has 0 bridgehead atoms. The second-order valence-electron chi connectivity index (χ2n) is 2.94. The summed E-state index contributed by atoms with van der Waals surface area (Å²) in [6.45, 7) is 1.43. The zero-order valence-electron chi connectivity index (χ0n) is 8.13. The summed E-state index contributed by atoms with van der Waals surface area (Å²) in [5.41, 5.74) is 0. The molecule has 2 heterocycles. The van der Waals surface area contributed by atoms with Crippen LogP contribution in [0.3, 0.4) is 0 Å². The van der Waals surface area contributed by atoms with Crippen LogP contribution in [0.1, 0.15) is 11.6 Å². The van der Waals surface area contributed by atoms with E-state index in [0.717, 1.165) is 18.8 Å². The molecule has 0 spiro atoms. The van der Waals surface area contributed by atoms with Crippen molar-refractivity contribution in [2.24, 2.45) is 0 Å². The third kappa shape index (κ3) is 3.10. The summed E-state index contributed by atoms with van der Waals surface area (Å²) in [4.78, 5) is 12.1. The van der Waals surface area contributed by atoms with Crippen molar-refractivity contribution >= 4 is 0 Å². The summed E-state index contributed by atoms with van der Waals surface area (Å²) >= 11 is 0. The van der Waals surface area contributed by atoms with Crippen molar-refractivity contribution in [3.63, 3.8) is 0 Å². The predicted octanol–water partition coefficient (Wildman–Crippen LogP) is 0.192. The Balaban J connectivity index is 1.68. The zero-order valence-corrected chi connectivity index (χ0v) is 8.13. The Hall–Kier alpha value is -1.82. The van der Waals surface area contributed by atoms with E-state index in [0.29, 0.717) is 12.4 Å². The van der Waals surface area contributed by atoms with Gasteiger partial charge in [-0.3, -0.25) is 0 Å². The number of nitrogens with one attached hydrogen (secondary N) is 1. The van der Waals surface area contributed by atoms with E-state index >= 15 is 0 Å². The fraction of sp³-hybridized carbons (Fsp3) is 0.333. The number of rotatable bonds is 5. The molecular weight excluding hydrogens is 194 g/mol. The van der Waals surface area contributed by atoms with Gasteiger partial charge in [0.25, 0.3) is 0 Å². The highest BCUT2D eigenvalue weighted by atomic mass is 16.5. The van der Waals surface area contributed by atoms with Gasteiger partial charge in [-0.15, -0.1) is 0 Å². The highest BCUT2D eigenvalue weighted by Crippen LogP contribution is 1.89. The van der Waals surface area contributed by atoms with Crippen LogP contribution < -0.4 is 5.32 Å². The molecule has 0 radical (unpaired) electrons. The van der Waals surface area contributed by atoms with Crippen LogP contribution in [0.4, 0.5) is 0 Å². The van der Waals surface area contributed by atoms with E-state index in [9.17, 15) is 0 Å². The van der Waals surface area contributed by atoms with Crippen molar-refractivity contribution in [3.05, 3.63) is 36.5 Å². The van der Waals surface area contributed by atoms with Gasteiger partial charge < -0.3 is 9.84 Å². The lowest BCUT2D eigenvalue weighted by Gasteiger charge is -2.00. The summed E-state index contributed by atoms with van der Waals surface area (Å²) in [6.07, 6.45) is 5.52. The number of hydrogen-bond acceptors (Lipinski definition) is 6. The molecule has 0 amide bonds. The van der Waals surface area contributed by atoms with Crippen molar-refractivity contribution in [2.75, 3.05) is 6.54 Å². The largest absolute Gasteiger partial charge is 0.343 e. The molecule has 0 aliphatic heterocycles. The minimum atomic E-state index is 0.651. The number of hydrogen-bond donors (Lipinski definition) is 1. The van der Waals surface area contributed by atoms with Gasteiger partial charge in [-0.2, -0.15) is 4.98 Å². The molecule has 0 fully saturated rings. The van der Waals surface area contributed by atoms with E-state index in [4.69, 9.17) is 0 Å². The molecule has 2 rings (SSSR count). The Bertz CT molecular complexity index is 375. The lowest BCUT2D eigenvalue weighted by Crippen LogP contribution is -2.18. The van der Waals surface area contributed by atoms with Gasteiger partial charge in [0.15, 0.2) is 5.82 Å². The molecule has 15 heavy (non-hydrogen) atoms. The van der Waals surface area contributed by atoms with Crippen LogP contribution in [0.25, 0.3) is 0 Å². The van der Waals surface area contributed by atoms with Crippen molar-refractivity contribution in [1.82, 2.24) is 25.4 Å². The summed E-state index contributed by atoms with van der Waals surface area (Å²) < 4.78 is 4.62. The average molecular weight is 205 g/mol. The van der Waals surface area contributed by atoms with Crippen molar-refractivity contribution < 1.29 is 4.52 Å². The van der Waals surface area contributed by atoms with E-state index in [1.54, 1.807) is 18.5 Å². The maximum atomic E-state index is 4.62. The Kier molecular flexibility index (Phi) is 3.34. The molecule has 0 unspecified atom stereocenters. The summed E-state index contributed by atoms with van der Waals surface area (Å²) in [5.74, 6) is 1.49. The summed E-state index contributed by atoms with van der Waals surface area (Å²) in [6, 6.07) is 1.79. The van der Waals surface area contributed by atoms with Crippen molar-refractivity contribution in [3.8, 4) is 0 Å². The predicted molar refractivity (Wildman–Crippen MR) is 51.7 cm³/mol. The van der Waals surface area contributed by atoms with Gasteiger partial charge in [-0.25, -0.2) is 9.97 Å². The van der Waals surface area contributed by atoms with Crippen LogP contribution in [-0.4, -0.2) is 26.7 Å². The molecule has 0 aliphatic rings. The molecular formula is C9H11N5O. The highest BCUT2D eigenvalue weighted by molar-refractivity contribution is 4.88. The first kappa shape index (κ1) is 9.72. The highest BCUT2D eigenvalue weighted by Gasteiger charge is 1.98. The Morgan fingerprint density at radius 1 is 1.13 bits per heavy atom. The van der Waals surface area contributed by atoms with Gasteiger partial charge in [0.1, 0.15) is 5.82 Å². The lowest BCUT2D eigenvalue weighted by atomic mass is 10.4. The first-order valence-electron chi connectivity index (χ1n) is 4.67. The third-order valence-corrected chi connectivity index (χ3v) is 1.83. The van der Waals surface area contributed by atoms with Gasteiger partial charge in [0.05, 0.1) is 6.54 Å². The monoisotopic (exact) mass is 205 g/mol. The second kappa shape index (κ2) is 5.16. The van der Waals surface area contributed by atoms with E-state index < -0.39 is 0 Å². The molecule has 2 aromatic rings. The van der Waals surface area contributed by atoms with Gasteiger partial charge >= 0.3 is 0 Å². The Labute approximate surface area is 86.8 Å². The van der Waals surface area contributed by atoms with E-state index in [-0.39, 0.29) is 0 Å². The zero-order chi connectivity index (χ0) is 10.3. The minimum absolute atomic E-state index is 0.651. The molecule has 0 aliphatic carbocycles. The van der Waals surface area contributed by atoms with E-state index in [1.165, 1.54) is 6.39 Å². The van der Waals surface area contributed by atoms with Gasteiger partial charge in [-0.05, 0) is 6.07 Å². The quantitative estimate of drug-likeness (QED) is 0.702. The van der Waals surface area contributed by atoms with Crippen LogP contribution in [0, 0.1) is 0 Å². The molecule has 0 aromatic carbocycles. The standard InChI is InChI=1S/C9H11N5O/c1-3-11-9(12-4-1)6-10-5-2-8-13-7-15-14-8/h1,3-4,7,10H,2,5-6H2. The smallest absolute Gasteiger partial charge is 0.213 e. The van der Waals surface area contributed by atoms with Crippen molar-refractivity contribution in [2.45, 2.75) is 13.0 Å². The Morgan fingerprint density at radius 3 is 2.73 bits per heavy atom. The van der Waals surface area contributed by atoms with Crippen LogP contribution >= 0.6 is 0 Å². The molecule has 6 nitrogen and oxygen atoms in total. The van der Waals surface area contributed by atoms with Gasteiger partial charge in [0.2, 0.25) is 6.39 Å². The fourth-order valence-corrected chi connectivity index (χ4v) is 1.12.